The molecule has 1 N–H and O–H groups in total. The van der Waals surface area contributed by atoms with Crippen molar-refractivity contribution in [3.05, 3.63) is 27.4 Å². The summed E-state index contributed by atoms with van der Waals surface area (Å²) in [6.45, 7) is 1.12. The average Bonchev–Trinajstić information content (AvgIpc) is 2.64. The number of aromatic nitrogens is 1. The summed E-state index contributed by atoms with van der Waals surface area (Å²) in [5.74, 6) is 0.490. The smallest absolute Gasteiger partial charge is 0.289 e. The number of aliphatic hydroxyl groups excluding tert-OH is 1. The maximum atomic E-state index is 10.5. The van der Waals surface area contributed by atoms with E-state index in [0.717, 1.165) is 0 Å². The van der Waals surface area contributed by atoms with Crippen LogP contribution in [0.5, 0.6) is 0 Å². The Morgan fingerprint density at radius 2 is 2.44 bits per heavy atom. The third-order valence-corrected chi connectivity index (χ3v) is 2.76. The molecule has 0 aromatic carbocycles. The predicted molar refractivity (Wildman–Crippen MR) is 58.7 cm³/mol. The molecule has 0 bridgehead atoms. The molecular weight excluding hydrogens is 234 g/mol. The van der Waals surface area contributed by atoms with Gasteiger partial charge in [-0.05, 0) is 6.42 Å². The van der Waals surface area contributed by atoms with Gasteiger partial charge in [-0.25, -0.2) is 4.98 Å². The van der Waals surface area contributed by atoms with E-state index in [1.807, 2.05) is 4.90 Å². The summed E-state index contributed by atoms with van der Waals surface area (Å²) in [4.78, 5) is 15.7. The van der Waals surface area contributed by atoms with Gasteiger partial charge >= 0.3 is 0 Å². The Bertz CT molecular complexity index is 426. The van der Waals surface area contributed by atoms with Crippen molar-refractivity contribution < 1.29 is 10.0 Å². The van der Waals surface area contributed by atoms with Gasteiger partial charge in [0.05, 0.1) is 16.0 Å². The third-order valence-electron chi connectivity index (χ3n) is 2.48. The molecule has 0 spiro atoms. The Kier molecular flexibility index (Phi) is 2.93. The number of pyridine rings is 1. The lowest BCUT2D eigenvalue weighted by molar-refractivity contribution is -0.385. The van der Waals surface area contributed by atoms with Crippen LogP contribution in [0.25, 0.3) is 0 Å². The quantitative estimate of drug-likeness (QED) is 0.624. The van der Waals surface area contributed by atoms with E-state index in [0.29, 0.717) is 25.3 Å². The second kappa shape index (κ2) is 4.23. The van der Waals surface area contributed by atoms with Crippen LogP contribution in [0.2, 0.25) is 5.02 Å². The van der Waals surface area contributed by atoms with Crippen LogP contribution >= 0.6 is 11.6 Å². The molecule has 1 aromatic rings. The van der Waals surface area contributed by atoms with E-state index in [1.165, 1.54) is 12.3 Å². The van der Waals surface area contributed by atoms with E-state index in [9.17, 15) is 15.2 Å². The molecule has 0 radical (unpaired) electrons. The molecule has 1 unspecified atom stereocenters. The molecule has 16 heavy (non-hydrogen) atoms. The third kappa shape index (κ3) is 2.07. The fourth-order valence-corrected chi connectivity index (χ4v) is 1.97. The van der Waals surface area contributed by atoms with Crippen molar-refractivity contribution in [1.29, 1.82) is 0 Å². The summed E-state index contributed by atoms with van der Waals surface area (Å²) in [6, 6.07) is 1.27. The number of rotatable bonds is 2. The van der Waals surface area contributed by atoms with Gasteiger partial charge in [0.1, 0.15) is 12.0 Å². The van der Waals surface area contributed by atoms with Crippen molar-refractivity contribution in [3.63, 3.8) is 0 Å². The lowest BCUT2D eigenvalue weighted by atomic mass is 10.3. The number of aliphatic hydroxyl groups is 1. The summed E-state index contributed by atoms with van der Waals surface area (Å²) in [5, 5.41) is 20.1. The zero-order valence-electron chi connectivity index (χ0n) is 8.34. The monoisotopic (exact) mass is 243 g/mol. The normalized spacial score (nSPS) is 20.1. The van der Waals surface area contributed by atoms with Gasteiger partial charge in [-0.3, -0.25) is 10.1 Å². The highest BCUT2D eigenvalue weighted by Gasteiger charge is 2.24. The van der Waals surface area contributed by atoms with E-state index >= 15 is 0 Å². The number of anilines is 1. The van der Waals surface area contributed by atoms with Crippen molar-refractivity contribution in [2.75, 3.05) is 18.0 Å². The van der Waals surface area contributed by atoms with E-state index in [4.69, 9.17) is 11.6 Å². The van der Waals surface area contributed by atoms with E-state index in [-0.39, 0.29) is 16.8 Å². The molecule has 1 atom stereocenters. The highest BCUT2D eigenvalue weighted by molar-refractivity contribution is 6.33. The summed E-state index contributed by atoms with van der Waals surface area (Å²) in [6.07, 6.45) is 1.45. The van der Waals surface area contributed by atoms with Crippen LogP contribution in [0.15, 0.2) is 12.3 Å². The molecule has 0 aliphatic carbocycles. The van der Waals surface area contributed by atoms with Gasteiger partial charge in [-0.1, -0.05) is 11.6 Å². The van der Waals surface area contributed by atoms with E-state index < -0.39 is 4.92 Å². The van der Waals surface area contributed by atoms with Crippen LogP contribution in [0.1, 0.15) is 6.42 Å². The Hall–Kier alpha value is -1.40. The zero-order chi connectivity index (χ0) is 11.7. The minimum atomic E-state index is -0.540. The molecule has 1 fully saturated rings. The Labute approximate surface area is 96.6 Å². The first-order chi connectivity index (χ1) is 7.58. The van der Waals surface area contributed by atoms with Crippen LogP contribution in [-0.4, -0.2) is 34.2 Å². The van der Waals surface area contributed by atoms with Gasteiger partial charge in [-0.15, -0.1) is 0 Å². The van der Waals surface area contributed by atoms with Gasteiger partial charge in [0.25, 0.3) is 5.69 Å². The molecule has 0 amide bonds. The minimum Gasteiger partial charge on any atom is -0.391 e. The molecule has 1 aliphatic heterocycles. The van der Waals surface area contributed by atoms with Gasteiger partial charge in [0, 0.05) is 19.2 Å². The molecule has 2 rings (SSSR count). The Balaban J connectivity index is 2.26. The minimum absolute atomic E-state index is 0.131. The number of halogens is 1. The summed E-state index contributed by atoms with van der Waals surface area (Å²) in [7, 11) is 0. The van der Waals surface area contributed by atoms with Crippen LogP contribution in [0, 0.1) is 10.1 Å². The van der Waals surface area contributed by atoms with Gasteiger partial charge in [0.2, 0.25) is 0 Å². The van der Waals surface area contributed by atoms with Crippen molar-refractivity contribution in [1.82, 2.24) is 4.98 Å². The topological polar surface area (TPSA) is 79.5 Å². The molecule has 86 valence electrons. The molecular formula is C9H10ClN3O3. The molecule has 2 heterocycles. The Morgan fingerprint density at radius 3 is 2.94 bits per heavy atom. The SMILES string of the molecule is O=[N+]([O-])c1cnc(N2CCC(O)C2)c(Cl)c1. The number of hydrogen-bond donors (Lipinski definition) is 1. The largest absolute Gasteiger partial charge is 0.391 e. The van der Waals surface area contributed by atoms with E-state index in [1.54, 1.807) is 0 Å². The second-order valence-corrected chi connectivity index (χ2v) is 4.05. The maximum Gasteiger partial charge on any atom is 0.289 e. The second-order valence-electron chi connectivity index (χ2n) is 3.64. The lowest BCUT2D eigenvalue weighted by Gasteiger charge is -2.17. The van der Waals surface area contributed by atoms with Crippen LogP contribution in [0.4, 0.5) is 11.5 Å². The average molecular weight is 244 g/mol. The van der Waals surface area contributed by atoms with Gasteiger partial charge < -0.3 is 10.0 Å². The predicted octanol–water partition coefficient (Wildman–Crippen LogP) is 1.21. The van der Waals surface area contributed by atoms with Crippen LogP contribution in [0.3, 0.4) is 0 Å². The summed E-state index contributed by atoms with van der Waals surface area (Å²) < 4.78 is 0. The number of nitro groups is 1. The molecule has 0 saturated carbocycles. The van der Waals surface area contributed by atoms with Crippen molar-refractivity contribution in [2.24, 2.45) is 0 Å². The Morgan fingerprint density at radius 1 is 1.69 bits per heavy atom. The first kappa shape index (κ1) is 11.1. The first-order valence-corrected chi connectivity index (χ1v) is 5.18. The van der Waals surface area contributed by atoms with Crippen LogP contribution in [-0.2, 0) is 0 Å². The lowest BCUT2D eigenvalue weighted by Crippen LogP contribution is -2.22. The van der Waals surface area contributed by atoms with Crippen LogP contribution < -0.4 is 4.90 Å². The molecule has 7 heteroatoms. The first-order valence-electron chi connectivity index (χ1n) is 4.81. The van der Waals surface area contributed by atoms with Crippen molar-refractivity contribution in [2.45, 2.75) is 12.5 Å². The summed E-state index contributed by atoms with van der Waals surface area (Å²) in [5.41, 5.74) is -0.131. The standard InChI is InChI=1S/C9H10ClN3O3/c10-8-3-6(13(15)16)4-11-9(8)12-2-1-7(14)5-12/h3-4,7,14H,1-2,5H2. The number of nitrogens with zero attached hydrogens (tertiary/aromatic N) is 3. The highest BCUT2D eigenvalue weighted by Crippen LogP contribution is 2.29. The maximum absolute atomic E-state index is 10.5. The van der Waals surface area contributed by atoms with Gasteiger partial charge in [0.15, 0.2) is 0 Å². The fraction of sp³-hybridized carbons (Fsp3) is 0.444. The van der Waals surface area contributed by atoms with E-state index in [2.05, 4.69) is 4.98 Å². The zero-order valence-corrected chi connectivity index (χ0v) is 9.09. The summed E-state index contributed by atoms with van der Waals surface area (Å²) >= 11 is 5.91. The highest BCUT2D eigenvalue weighted by atomic mass is 35.5. The molecule has 1 aromatic heterocycles. The number of β-amino-alcohol motifs (C(OH)–C–C–N with tert-alkyl or cyclic N) is 1. The number of hydrogen-bond acceptors (Lipinski definition) is 5. The van der Waals surface area contributed by atoms with Crippen molar-refractivity contribution in [3.8, 4) is 0 Å². The fourth-order valence-electron chi connectivity index (χ4n) is 1.69. The molecule has 1 saturated heterocycles. The van der Waals surface area contributed by atoms with Crippen molar-refractivity contribution >= 4 is 23.1 Å². The molecule has 6 nitrogen and oxygen atoms in total. The van der Waals surface area contributed by atoms with Gasteiger partial charge in [-0.2, -0.15) is 0 Å². The molecule has 1 aliphatic rings.